The normalized spacial score (nSPS) is 16.8. The number of amides is 2. The van der Waals surface area contributed by atoms with Crippen LogP contribution in [0.4, 0.5) is 5.69 Å². The highest BCUT2D eigenvalue weighted by atomic mass is 35.5. The Labute approximate surface area is 208 Å². The van der Waals surface area contributed by atoms with Crippen molar-refractivity contribution < 1.29 is 22.7 Å². The molecule has 8 nitrogen and oxygen atoms in total. The predicted molar refractivity (Wildman–Crippen MR) is 133 cm³/mol. The highest BCUT2D eigenvalue weighted by Gasteiger charge is 2.36. The Morgan fingerprint density at radius 1 is 1.09 bits per heavy atom. The maximum absolute atomic E-state index is 13.1. The summed E-state index contributed by atoms with van der Waals surface area (Å²) in [5, 5.41) is 3.35. The topological polar surface area (TPSA) is 119 Å². The van der Waals surface area contributed by atoms with Crippen LogP contribution in [0.15, 0.2) is 71.6 Å². The molecule has 0 aromatic heterocycles. The number of nitrogens with zero attached hydrogens (tertiary/aromatic N) is 1. The zero-order valence-electron chi connectivity index (χ0n) is 18.9. The zero-order chi connectivity index (χ0) is 25.2. The summed E-state index contributed by atoms with van der Waals surface area (Å²) in [6.45, 7) is 0.333. The van der Waals surface area contributed by atoms with Crippen LogP contribution in [-0.4, -0.2) is 39.1 Å². The minimum absolute atomic E-state index is 0.0422. The molecule has 0 aliphatic carbocycles. The predicted octanol–water partition coefficient (Wildman–Crippen LogP) is 2.93. The van der Waals surface area contributed by atoms with Gasteiger partial charge in [-0.2, -0.15) is 0 Å². The number of methoxy groups -OCH3 is 1. The molecule has 182 valence electrons. The van der Waals surface area contributed by atoms with Crippen LogP contribution >= 0.6 is 11.6 Å². The summed E-state index contributed by atoms with van der Waals surface area (Å²) in [4.78, 5) is 27.3. The molecule has 3 aromatic carbocycles. The third-order valence-corrected chi connectivity index (χ3v) is 7.76. The second kappa shape index (κ2) is 10.1. The maximum atomic E-state index is 13.1. The van der Waals surface area contributed by atoms with Crippen LogP contribution in [-0.2, 0) is 27.7 Å². The fraction of sp³-hybridized carbons (Fsp3) is 0.200. The zero-order valence-corrected chi connectivity index (χ0v) is 20.5. The summed E-state index contributed by atoms with van der Waals surface area (Å²) < 4.78 is 31.0. The number of hydrogen-bond donors (Lipinski definition) is 2. The molecule has 10 heteroatoms. The fourth-order valence-electron chi connectivity index (χ4n) is 3.81. The average molecular weight is 514 g/mol. The Morgan fingerprint density at radius 3 is 2.40 bits per heavy atom. The molecule has 0 saturated heterocycles. The SMILES string of the molecule is COc1ccc(CNC(=O)c2ccc3c(c2)N(Cc2ccc(Cl)cc2)C(=O)[C@@H](N)CS3(=O)=O)cc1. The minimum atomic E-state index is -3.85. The molecule has 0 saturated carbocycles. The van der Waals surface area contributed by atoms with Crippen molar-refractivity contribution in [1.29, 1.82) is 0 Å². The molecule has 2 amide bonds. The molecule has 4 rings (SSSR count). The summed E-state index contributed by atoms with van der Waals surface area (Å²) in [7, 11) is -2.28. The summed E-state index contributed by atoms with van der Waals surface area (Å²) in [5.74, 6) is -0.763. The first-order valence-electron chi connectivity index (χ1n) is 10.8. The third-order valence-electron chi connectivity index (χ3n) is 5.70. The highest BCUT2D eigenvalue weighted by Crippen LogP contribution is 2.32. The lowest BCUT2D eigenvalue weighted by Crippen LogP contribution is -2.45. The maximum Gasteiger partial charge on any atom is 0.251 e. The molecule has 0 fully saturated rings. The van der Waals surface area contributed by atoms with E-state index in [-0.39, 0.29) is 29.2 Å². The molecule has 0 radical (unpaired) electrons. The average Bonchev–Trinajstić information content (AvgIpc) is 2.92. The van der Waals surface area contributed by atoms with Gasteiger partial charge in [-0.25, -0.2) is 8.42 Å². The Balaban J connectivity index is 1.65. The Morgan fingerprint density at radius 2 is 1.74 bits per heavy atom. The first kappa shape index (κ1) is 24.7. The van der Waals surface area contributed by atoms with Crippen molar-refractivity contribution in [2.24, 2.45) is 5.73 Å². The van der Waals surface area contributed by atoms with E-state index in [9.17, 15) is 18.0 Å². The van der Waals surface area contributed by atoms with Crippen molar-refractivity contribution in [3.05, 3.63) is 88.4 Å². The molecular weight excluding hydrogens is 490 g/mol. The largest absolute Gasteiger partial charge is 0.497 e. The van der Waals surface area contributed by atoms with E-state index >= 15 is 0 Å². The van der Waals surface area contributed by atoms with Crippen molar-refractivity contribution in [2.75, 3.05) is 17.8 Å². The van der Waals surface area contributed by atoms with Crippen LogP contribution in [0.1, 0.15) is 21.5 Å². The van der Waals surface area contributed by atoms with E-state index in [1.165, 1.54) is 23.1 Å². The van der Waals surface area contributed by atoms with Gasteiger partial charge in [-0.1, -0.05) is 35.9 Å². The van der Waals surface area contributed by atoms with Crippen LogP contribution in [0, 0.1) is 0 Å². The number of carbonyl (C=O) groups is 2. The molecular formula is C25H24ClN3O5S. The number of ether oxygens (including phenoxy) is 1. The lowest BCUT2D eigenvalue weighted by atomic mass is 10.1. The van der Waals surface area contributed by atoms with Crippen LogP contribution in [0.2, 0.25) is 5.02 Å². The van der Waals surface area contributed by atoms with E-state index in [2.05, 4.69) is 5.32 Å². The van der Waals surface area contributed by atoms with Crippen molar-refractivity contribution in [1.82, 2.24) is 5.32 Å². The second-order valence-electron chi connectivity index (χ2n) is 8.15. The lowest BCUT2D eigenvalue weighted by molar-refractivity contribution is -0.119. The van der Waals surface area contributed by atoms with Crippen molar-refractivity contribution >= 4 is 38.9 Å². The van der Waals surface area contributed by atoms with E-state index in [0.29, 0.717) is 10.8 Å². The van der Waals surface area contributed by atoms with Gasteiger partial charge in [0.05, 0.1) is 36.0 Å². The number of hydrogen-bond acceptors (Lipinski definition) is 6. The van der Waals surface area contributed by atoms with Gasteiger partial charge >= 0.3 is 0 Å². The summed E-state index contributed by atoms with van der Waals surface area (Å²) >= 11 is 5.97. The minimum Gasteiger partial charge on any atom is -0.497 e. The third kappa shape index (κ3) is 5.48. The highest BCUT2D eigenvalue weighted by molar-refractivity contribution is 7.91. The second-order valence-corrected chi connectivity index (χ2v) is 10.6. The van der Waals surface area contributed by atoms with Crippen molar-refractivity contribution in [2.45, 2.75) is 24.0 Å². The van der Waals surface area contributed by atoms with Gasteiger partial charge in [0.25, 0.3) is 5.91 Å². The molecule has 0 spiro atoms. The number of benzene rings is 3. The molecule has 1 aliphatic rings. The first-order chi connectivity index (χ1) is 16.7. The fourth-order valence-corrected chi connectivity index (χ4v) is 5.50. The number of carbonyl (C=O) groups excluding carboxylic acids is 2. The van der Waals surface area contributed by atoms with Crippen molar-refractivity contribution in [3.8, 4) is 5.75 Å². The number of sulfone groups is 1. The summed E-state index contributed by atoms with van der Waals surface area (Å²) in [6.07, 6.45) is 0. The molecule has 35 heavy (non-hydrogen) atoms. The molecule has 0 bridgehead atoms. The molecule has 0 unspecified atom stereocenters. The molecule has 1 aliphatic heterocycles. The number of nitrogens with two attached hydrogens (primary N) is 1. The van der Waals surface area contributed by atoms with Crippen LogP contribution in [0.3, 0.4) is 0 Å². The Bertz CT molecular complexity index is 1360. The Kier molecular flexibility index (Phi) is 7.11. The molecule has 3 aromatic rings. The van der Waals surface area contributed by atoms with Gasteiger partial charge in [0, 0.05) is 17.1 Å². The first-order valence-corrected chi connectivity index (χ1v) is 12.8. The summed E-state index contributed by atoms with van der Waals surface area (Å²) in [6, 6.07) is 17.1. The number of nitrogens with one attached hydrogen (secondary N) is 1. The van der Waals surface area contributed by atoms with Gasteiger partial charge in [-0.15, -0.1) is 0 Å². The van der Waals surface area contributed by atoms with Crippen molar-refractivity contribution in [3.63, 3.8) is 0 Å². The molecule has 1 atom stereocenters. The van der Waals surface area contributed by atoms with E-state index < -0.39 is 33.4 Å². The van der Waals surface area contributed by atoms with E-state index in [0.717, 1.165) is 11.1 Å². The van der Waals surface area contributed by atoms with Crippen LogP contribution in [0.5, 0.6) is 5.75 Å². The van der Waals surface area contributed by atoms with Crippen LogP contribution < -0.4 is 20.7 Å². The van der Waals surface area contributed by atoms with Gasteiger partial charge in [-0.05, 0) is 53.6 Å². The van der Waals surface area contributed by atoms with Gasteiger partial charge in [-0.3, -0.25) is 9.59 Å². The van der Waals surface area contributed by atoms with Gasteiger partial charge in [0.1, 0.15) is 5.75 Å². The number of fused-ring (bicyclic) bond motifs is 1. The standard InChI is InChI=1S/C25H24ClN3O5S/c1-34-20-9-4-16(5-10-20)13-28-24(30)18-6-11-23-22(12-18)29(14-17-2-7-19(26)8-3-17)25(31)21(27)15-35(23,32)33/h2-12,21H,13-15,27H2,1H3,(H,28,30)/t21-/m0/s1. The van der Waals surface area contributed by atoms with Gasteiger partial charge in [0.2, 0.25) is 5.91 Å². The Hall–Kier alpha value is -3.40. The van der Waals surface area contributed by atoms with Gasteiger partial charge < -0.3 is 20.7 Å². The van der Waals surface area contributed by atoms with Crippen LogP contribution in [0.25, 0.3) is 0 Å². The number of halogens is 1. The summed E-state index contributed by atoms with van der Waals surface area (Å²) in [5.41, 5.74) is 7.89. The van der Waals surface area contributed by atoms with Gasteiger partial charge in [0.15, 0.2) is 9.84 Å². The van der Waals surface area contributed by atoms with E-state index in [4.69, 9.17) is 22.1 Å². The monoisotopic (exact) mass is 513 g/mol. The molecule has 1 heterocycles. The quantitative estimate of drug-likeness (QED) is 0.523. The number of rotatable bonds is 6. The smallest absolute Gasteiger partial charge is 0.251 e. The lowest BCUT2D eigenvalue weighted by Gasteiger charge is -2.24. The molecule has 3 N–H and O–H groups in total. The van der Waals surface area contributed by atoms with E-state index in [1.807, 2.05) is 12.1 Å². The number of anilines is 1. The van der Waals surface area contributed by atoms with E-state index in [1.54, 1.807) is 43.5 Å².